The van der Waals surface area contributed by atoms with Crippen LogP contribution in [0.15, 0.2) is 255 Å². The molecule has 0 fully saturated rings. The van der Waals surface area contributed by atoms with Crippen LogP contribution in [0.5, 0.6) is 0 Å². The molecule has 78 heavy (non-hydrogen) atoms. The monoisotopic (exact) mass is 990 g/mol. The van der Waals surface area contributed by atoms with E-state index >= 15 is 0 Å². The van der Waals surface area contributed by atoms with Crippen LogP contribution in [0.25, 0.3) is 155 Å². The van der Waals surface area contributed by atoms with E-state index in [9.17, 15) is 0 Å². The minimum atomic E-state index is 1.21. The first-order chi connectivity index (χ1) is 38.4. The molecule has 13 aromatic rings. The average molecular weight is 991 g/mol. The van der Waals surface area contributed by atoms with Crippen molar-refractivity contribution in [2.24, 2.45) is 0 Å². The molecule has 0 unspecified atom stereocenters. The zero-order valence-electron chi connectivity index (χ0n) is 44.2. The van der Waals surface area contributed by atoms with Gasteiger partial charge in [0.2, 0.25) is 0 Å². The van der Waals surface area contributed by atoms with Gasteiger partial charge in [0.15, 0.2) is 0 Å². The summed E-state index contributed by atoms with van der Waals surface area (Å²) < 4.78 is 0. The van der Waals surface area contributed by atoms with Crippen LogP contribution in [0.3, 0.4) is 0 Å². The molecule has 366 valence electrons. The molecule has 0 saturated heterocycles. The van der Waals surface area contributed by atoms with Crippen molar-refractivity contribution in [2.45, 2.75) is 27.7 Å². The van der Waals surface area contributed by atoms with Crippen LogP contribution in [0.4, 0.5) is 0 Å². The molecule has 15 rings (SSSR count). The predicted molar refractivity (Wildman–Crippen MR) is 333 cm³/mol. The highest BCUT2D eigenvalue weighted by Crippen LogP contribution is 2.64. The van der Waals surface area contributed by atoms with Crippen LogP contribution < -0.4 is 0 Å². The third-order valence-corrected chi connectivity index (χ3v) is 16.9. The Balaban J connectivity index is 1.07. The minimum absolute atomic E-state index is 1.21. The molecule has 0 bridgehead atoms. The summed E-state index contributed by atoms with van der Waals surface area (Å²) in [7, 11) is 0. The van der Waals surface area contributed by atoms with Crippen molar-refractivity contribution in [1.29, 1.82) is 0 Å². The molecule has 2 aliphatic rings. The summed E-state index contributed by atoms with van der Waals surface area (Å²) >= 11 is 0. The number of hydrogen-bond acceptors (Lipinski definition) is 0. The van der Waals surface area contributed by atoms with E-state index < -0.39 is 0 Å². The third-order valence-electron chi connectivity index (χ3n) is 16.9. The molecule has 0 heteroatoms. The smallest absolute Gasteiger partial charge is 0.000718 e. The van der Waals surface area contributed by atoms with Gasteiger partial charge in [-0.2, -0.15) is 0 Å². The Labute approximate surface area is 457 Å². The van der Waals surface area contributed by atoms with Crippen LogP contribution in [0.2, 0.25) is 0 Å². The topological polar surface area (TPSA) is 0 Å². The highest BCUT2D eigenvalue weighted by atomic mass is 14.4. The maximum Gasteiger partial charge on any atom is -0.000718 e. The fraction of sp³-hybridized carbons (Fsp3) is 0.0513. The first-order valence-corrected chi connectivity index (χ1v) is 27.4. The van der Waals surface area contributed by atoms with E-state index in [2.05, 4.69) is 282 Å². The second-order valence-electron chi connectivity index (χ2n) is 21.7. The van der Waals surface area contributed by atoms with Gasteiger partial charge in [-0.3, -0.25) is 0 Å². The van der Waals surface area contributed by atoms with Crippen molar-refractivity contribution < 1.29 is 0 Å². The lowest BCUT2D eigenvalue weighted by atomic mass is 9.79. The van der Waals surface area contributed by atoms with Gasteiger partial charge in [-0.15, -0.1) is 0 Å². The van der Waals surface area contributed by atoms with Crippen molar-refractivity contribution in [1.82, 2.24) is 0 Å². The predicted octanol–water partition coefficient (Wildman–Crippen LogP) is 21.9. The van der Waals surface area contributed by atoms with Gasteiger partial charge < -0.3 is 0 Å². The number of rotatable bonds is 8. The molecule has 0 aromatic heterocycles. The fourth-order valence-corrected chi connectivity index (χ4v) is 13.3. The highest BCUT2D eigenvalue weighted by molar-refractivity contribution is 6.34. The Kier molecular flexibility index (Phi) is 10.6. The molecule has 0 saturated carbocycles. The van der Waals surface area contributed by atoms with Crippen LogP contribution >= 0.6 is 0 Å². The van der Waals surface area contributed by atoms with Gasteiger partial charge in [0, 0.05) is 0 Å². The maximum atomic E-state index is 2.48. The molecule has 0 amide bonds. The zero-order chi connectivity index (χ0) is 52.2. The Morgan fingerprint density at radius 3 is 0.692 bits per heavy atom. The van der Waals surface area contributed by atoms with Gasteiger partial charge >= 0.3 is 0 Å². The number of aryl methyl sites for hydroxylation is 4. The standard InChI is InChI=1S/C78H54/c1-47-25-33-51(34-26-47)55-15-5-9-19-59(55)65-41-42-66(60-20-10-6-16-56(60)52-35-27-48(2)28-36-52)74-68-44-46-70-76-69(45-43-67(73(65)74)75(68)76)77-71(61-21-11-7-17-57(61)53-37-29-49(3)30-38-53)63-23-13-14-24-64(63)72(78(70)77)62-22-12-8-18-58(62)54-39-31-50(4)32-40-54/h5-46H,1-4H3. The summed E-state index contributed by atoms with van der Waals surface area (Å²) in [6.07, 6.45) is 0. The molecule has 0 heterocycles. The molecule has 0 N–H and O–H groups in total. The van der Waals surface area contributed by atoms with Crippen LogP contribution in [-0.2, 0) is 0 Å². The number of fused-ring (bicyclic) bond motifs is 7. The highest BCUT2D eigenvalue weighted by Gasteiger charge is 2.37. The molecule has 2 aliphatic carbocycles. The van der Waals surface area contributed by atoms with Gasteiger partial charge in [-0.1, -0.05) is 277 Å². The van der Waals surface area contributed by atoms with Gasteiger partial charge in [0.05, 0.1) is 0 Å². The number of benzene rings is 13. The Morgan fingerprint density at radius 1 is 0.154 bits per heavy atom. The molecule has 0 radical (unpaired) electrons. The molecular formula is C78H54. The molecule has 0 spiro atoms. The first kappa shape index (κ1) is 45.7. The lowest BCUT2D eigenvalue weighted by Crippen LogP contribution is -1.96. The van der Waals surface area contributed by atoms with Gasteiger partial charge in [-0.05, 0) is 183 Å². The van der Waals surface area contributed by atoms with E-state index in [1.54, 1.807) is 0 Å². The first-order valence-electron chi connectivity index (χ1n) is 27.4. The summed E-state index contributed by atoms with van der Waals surface area (Å²) in [4.78, 5) is 0. The third kappa shape index (κ3) is 7.07. The zero-order valence-corrected chi connectivity index (χ0v) is 44.2. The molecular weight excluding hydrogens is 937 g/mol. The lowest BCUT2D eigenvalue weighted by molar-refractivity contribution is 1.46. The van der Waals surface area contributed by atoms with Gasteiger partial charge in [0.25, 0.3) is 0 Å². The molecule has 0 atom stereocenters. The van der Waals surface area contributed by atoms with E-state index in [0.29, 0.717) is 0 Å². The lowest BCUT2D eigenvalue weighted by Gasteiger charge is -2.23. The summed E-state index contributed by atoms with van der Waals surface area (Å²) in [5.74, 6) is 0. The van der Waals surface area contributed by atoms with Crippen molar-refractivity contribution in [3.05, 3.63) is 277 Å². The largest absolute Gasteiger partial charge is 0.0616 e. The average Bonchev–Trinajstić information content (AvgIpc) is 2.93. The van der Waals surface area contributed by atoms with E-state index in [-0.39, 0.29) is 0 Å². The molecule has 0 nitrogen and oxygen atoms in total. The second-order valence-corrected chi connectivity index (χ2v) is 21.7. The molecule has 0 aliphatic heterocycles. The normalized spacial score (nSPS) is 11.8. The maximum absolute atomic E-state index is 2.48. The van der Waals surface area contributed by atoms with Crippen molar-refractivity contribution in [2.75, 3.05) is 0 Å². The number of hydrogen-bond donors (Lipinski definition) is 0. The molecule has 13 aromatic carbocycles. The summed E-state index contributed by atoms with van der Waals surface area (Å²) in [6, 6.07) is 96.4. The van der Waals surface area contributed by atoms with Crippen LogP contribution in [0, 0.1) is 27.7 Å². The van der Waals surface area contributed by atoms with Crippen LogP contribution in [-0.4, -0.2) is 0 Å². The second kappa shape index (κ2) is 18.0. The van der Waals surface area contributed by atoms with E-state index in [1.807, 2.05) is 0 Å². The minimum Gasteiger partial charge on any atom is -0.0616 e. The fourth-order valence-electron chi connectivity index (χ4n) is 13.3. The van der Waals surface area contributed by atoms with E-state index in [0.717, 1.165) is 0 Å². The van der Waals surface area contributed by atoms with Crippen molar-refractivity contribution in [3.63, 3.8) is 0 Å². The SMILES string of the molecule is Cc1ccc(-c2ccccc2-c2ccc(-c3ccccc3-c3ccc(C)cc3)c3c2-c2ccc4c5c(ccc-3c25)-c2c-4c(-c3ccccc3-c3ccc(C)cc3)c3ccccc3c2-c2ccccc2-c2ccc(C)cc2)cc1. The van der Waals surface area contributed by atoms with E-state index in [1.165, 1.54) is 177 Å². The summed E-state index contributed by atoms with van der Waals surface area (Å²) in [5, 5.41) is 5.14. The van der Waals surface area contributed by atoms with Gasteiger partial charge in [0.1, 0.15) is 0 Å². The van der Waals surface area contributed by atoms with Crippen molar-refractivity contribution in [3.8, 4) is 134 Å². The Bertz CT molecular complexity index is 4300. The van der Waals surface area contributed by atoms with E-state index in [4.69, 9.17) is 0 Å². The Hall–Kier alpha value is -9.62. The van der Waals surface area contributed by atoms with Gasteiger partial charge in [-0.25, -0.2) is 0 Å². The summed E-state index contributed by atoms with van der Waals surface area (Å²) in [6.45, 7) is 8.68. The van der Waals surface area contributed by atoms with Crippen LogP contribution in [0.1, 0.15) is 22.3 Å². The summed E-state index contributed by atoms with van der Waals surface area (Å²) in [5.41, 5.74) is 35.1. The quantitative estimate of drug-likeness (QED) is 0.142. The Morgan fingerprint density at radius 2 is 0.385 bits per heavy atom. The van der Waals surface area contributed by atoms with Crippen molar-refractivity contribution >= 4 is 21.5 Å².